The van der Waals surface area contributed by atoms with Gasteiger partial charge in [0.05, 0.1) is 5.92 Å². The molecule has 0 aliphatic carbocycles. The summed E-state index contributed by atoms with van der Waals surface area (Å²) in [5, 5.41) is 9.03. The van der Waals surface area contributed by atoms with Crippen molar-refractivity contribution in [3.05, 3.63) is 65.7 Å². The van der Waals surface area contributed by atoms with Crippen molar-refractivity contribution in [1.82, 2.24) is 4.90 Å². The fraction of sp³-hybridized carbons (Fsp3) is 0.300. The minimum absolute atomic E-state index is 0.229. The Morgan fingerprint density at radius 2 is 1.64 bits per heavy atom. The molecule has 0 saturated carbocycles. The van der Waals surface area contributed by atoms with Crippen LogP contribution >= 0.6 is 0 Å². The second kappa shape index (κ2) is 8.33. The van der Waals surface area contributed by atoms with Crippen LogP contribution in [0.2, 0.25) is 0 Å². The lowest BCUT2D eigenvalue weighted by molar-refractivity contribution is -0.148. The normalized spacial score (nSPS) is 12.9. The Morgan fingerprint density at radius 3 is 2.20 bits per heavy atom. The molecule has 0 aromatic heterocycles. The Hall–Kier alpha value is -2.82. The van der Waals surface area contributed by atoms with Crippen molar-refractivity contribution in [2.45, 2.75) is 32.4 Å². The van der Waals surface area contributed by atoms with Crippen LogP contribution in [0.1, 0.15) is 30.9 Å². The Balaban J connectivity index is 1.98. The summed E-state index contributed by atoms with van der Waals surface area (Å²) in [6, 6.07) is 16.3. The molecule has 0 spiro atoms. The van der Waals surface area contributed by atoms with E-state index in [0.717, 1.165) is 16.9 Å². The molecule has 132 valence electrons. The zero-order valence-electron chi connectivity index (χ0n) is 14.7. The van der Waals surface area contributed by atoms with E-state index in [2.05, 4.69) is 0 Å². The van der Waals surface area contributed by atoms with Crippen LogP contribution < -0.4 is 4.74 Å². The number of rotatable bonds is 7. The van der Waals surface area contributed by atoms with E-state index in [0.29, 0.717) is 6.61 Å². The van der Waals surface area contributed by atoms with Gasteiger partial charge < -0.3 is 14.7 Å². The van der Waals surface area contributed by atoms with E-state index in [1.54, 1.807) is 6.92 Å². The molecule has 1 amide bonds. The van der Waals surface area contributed by atoms with E-state index >= 15 is 0 Å². The largest absolute Gasteiger partial charge is 0.489 e. The second-order valence-corrected chi connectivity index (χ2v) is 6.03. The Labute approximate surface area is 147 Å². The minimum atomic E-state index is -1.02. The van der Waals surface area contributed by atoms with Gasteiger partial charge in [-0.25, -0.2) is 4.79 Å². The molecule has 0 fully saturated rings. The summed E-state index contributed by atoms with van der Waals surface area (Å²) < 4.78 is 5.73. The third-order valence-corrected chi connectivity index (χ3v) is 4.28. The van der Waals surface area contributed by atoms with Gasteiger partial charge in [0.15, 0.2) is 0 Å². The quantitative estimate of drug-likeness (QED) is 0.839. The summed E-state index contributed by atoms with van der Waals surface area (Å²) in [7, 11) is 1.51. The summed E-state index contributed by atoms with van der Waals surface area (Å²) in [5.41, 5.74) is 1.90. The van der Waals surface area contributed by atoms with Crippen molar-refractivity contribution in [3.8, 4) is 5.75 Å². The maximum Gasteiger partial charge on any atom is 0.326 e. The number of hydrogen-bond donors (Lipinski definition) is 1. The standard InChI is InChI=1S/C20H23NO4/c1-14(19(22)21(3)15(2)20(23)24)17-9-11-18(12-10-17)25-13-16-7-5-4-6-8-16/h4-12,14-15H,13H2,1-3H3,(H,23,24)/t14-,15+/m1/s1. The number of carbonyl (C=O) groups excluding carboxylic acids is 1. The van der Waals surface area contributed by atoms with E-state index in [4.69, 9.17) is 9.84 Å². The van der Waals surface area contributed by atoms with E-state index in [-0.39, 0.29) is 5.91 Å². The molecule has 0 bridgehead atoms. The molecule has 25 heavy (non-hydrogen) atoms. The monoisotopic (exact) mass is 341 g/mol. The SMILES string of the molecule is C[C@@H](C(=O)N(C)[C@@H](C)C(=O)O)c1ccc(OCc2ccccc2)cc1. The van der Waals surface area contributed by atoms with Crippen LogP contribution in [0, 0.1) is 0 Å². The van der Waals surface area contributed by atoms with Crippen LogP contribution in [0.25, 0.3) is 0 Å². The fourth-order valence-corrected chi connectivity index (χ4v) is 2.40. The fourth-order valence-electron chi connectivity index (χ4n) is 2.40. The molecule has 5 nitrogen and oxygen atoms in total. The lowest BCUT2D eigenvalue weighted by atomic mass is 9.99. The third kappa shape index (κ3) is 4.83. The van der Waals surface area contributed by atoms with Gasteiger partial charge in [-0.05, 0) is 37.1 Å². The average Bonchev–Trinajstić information content (AvgIpc) is 2.65. The first kappa shape index (κ1) is 18.5. The molecule has 2 rings (SSSR count). The number of nitrogens with zero attached hydrogens (tertiary/aromatic N) is 1. The van der Waals surface area contributed by atoms with Crippen molar-refractivity contribution >= 4 is 11.9 Å². The number of likely N-dealkylation sites (N-methyl/N-ethyl adjacent to an activating group) is 1. The molecule has 0 aliphatic rings. The molecule has 0 aliphatic heterocycles. The topological polar surface area (TPSA) is 66.8 Å². The number of carbonyl (C=O) groups is 2. The van der Waals surface area contributed by atoms with E-state index in [1.807, 2.05) is 54.6 Å². The number of amides is 1. The maximum absolute atomic E-state index is 12.4. The van der Waals surface area contributed by atoms with E-state index in [1.165, 1.54) is 18.9 Å². The Bertz CT molecular complexity index is 712. The van der Waals surface area contributed by atoms with Gasteiger partial charge in [-0.2, -0.15) is 0 Å². The van der Waals surface area contributed by atoms with E-state index in [9.17, 15) is 9.59 Å². The molecule has 2 aromatic carbocycles. The number of carboxylic acids is 1. The Morgan fingerprint density at radius 1 is 1.04 bits per heavy atom. The van der Waals surface area contributed by atoms with Crippen molar-refractivity contribution in [2.24, 2.45) is 0 Å². The van der Waals surface area contributed by atoms with Gasteiger partial charge in [-0.15, -0.1) is 0 Å². The van der Waals surface area contributed by atoms with Crippen molar-refractivity contribution < 1.29 is 19.4 Å². The van der Waals surface area contributed by atoms with Gasteiger partial charge in [-0.1, -0.05) is 42.5 Å². The first-order valence-electron chi connectivity index (χ1n) is 8.16. The summed E-state index contributed by atoms with van der Waals surface area (Å²) in [6.07, 6.45) is 0. The first-order chi connectivity index (χ1) is 11.9. The van der Waals surface area contributed by atoms with Crippen LogP contribution in [0.5, 0.6) is 5.75 Å². The van der Waals surface area contributed by atoms with Crippen LogP contribution in [0.15, 0.2) is 54.6 Å². The highest BCUT2D eigenvalue weighted by atomic mass is 16.5. The number of ether oxygens (including phenoxy) is 1. The Kier molecular flexibility index (Phi) is 6.17. The molecule has 2 aromatic rings. The summed E-state index contributed by atoms with van der Waals surface area (Å²) in [5.74, 6) is -0.949. The number of carboxylic acid groups (broad SMARTS) is 1. The lowest BCUT2D eigenvalue weighted by Crippen LogP contribution is -2.42. The number of aliphatic carboxylic acids is 1. The third-order valence-electron chi connectivity index (χ3n) is 4.28. The second-order valence-electron chi connectivity index (χ2n) is 6.03. The molecular weight excluding hydrogens is 318 g/mol. The summed E-state index contributed by atoms with van der Waals surface area (Å²) in [4.78, 5) is 24.7. The predicted molar refractivity (Wildman–Crippen MR) is 95.5 cm³/mol. The smallest absolute Gasteiger partial charge is 0.326 e. The average molecular weight is 341 g/mol. The molecular formula is C20H23NO4. The molecule has 1 N–H and O–H groups in total. The highest BCUT2D eigenvalue weighted by Gasteiger charge is 2.26. The van der Waals surface area contributed by atoms with Gasteiger partial charge in [0, 0.05) is 7.05 Å². The first-order valence-corrected chi connectivity index (χ1v) is 8.16. The molecule has 0 radical (unpaired) electrons. The van der Waals surface area contributed by atoms with E-state index < -0.39 is 17.9 Å². The van der Waals surface area contributed by atoms with Gasteiger partial charge in [0.1, 0.15) is 18.4 Å². The number of hydrogen-bond acceptors (Lipinski definition) is 3. The maximum atomic E-state index is 12.4. The molecule has 0 unspecified atom stereocenters. The van der Waals surface area contributed by atoms with Crippen LogP contribution in [-0.2, 0) is 16.2 Å². The molecule has 2 atom stereocenters. The van der Waals surface area contributed by atoms with Gasteiger partial charge in [0.2, 0.25) is 5.91 Å². The lowest BCUT2D eigenvalue weighted by Gasteiger charge is -2.25. The van der Waals surface area contributed by atoms with Crippen LogP contribution in [-0.4, -0.2) is 35.0 Å². The number of benzene rings is 2. The zero-order valence-corrected chi connectivity index (χ0v) is 14.7. The van der Waals surface area contributed by atoms with Gasteiger partial charge in [0.25, 0.3) is 0 Å². The zero-order chi connectivity index (χ0) is 18.4. The van der Waals surface area contributed by atoms with Crippen LogP contribution in [0.4, 0.5) is 0 Å². The highest BCUT2D eigenvalue weighted by Crippen LogP contribution is 2.22. The predicted octanol–water partition coefficient (Wildman–Crippen LogP) is 3.30. The van der Waals surface area contributed by atoms with Gasteiger partial charge in [-0.3, -0.25) is 4.79 Å². The summed E-state index contributed by atoms with van der Waals surface area (Å²) in [6.45, 7) is 3.74. The molecule has 5 heteroatoms. The minimum Gasteiger partial charge on any atom is -0.489 e. The highest BCUT2D eigenvalue weighted by molar-refractivity contribution is 5.87. The molecule has 0 heterocycles. The summed E-state index contributed by atoms with van der Waals surface area (Å²) >= 11 is 0. The van der Waals surface area contributed by atoms with Crippen molar-refractivity contribution in [3.63, 3.8) is 0 Å². The molecule has 0 saturated heterocycles. The van der Waals surface area contributed by atoms with Crippen LogP contribution in [0.3, 0.4) is 0 Å². The van der Waals surface area contributed by atoms with Crippen molar-refractivity contribution in [1.29, 1.82) is 0 Å². The van der Waals surface area contributed by atoms with Gasteiger partial charge >= 0.3 is 5.97 Å². The van der Waals surface area contributed by atoms with Crippen molar-refractivity contribution in [2.75, 3.05) is 7.05 Å².